The topological polar surface area (TPSA) is 98.1 Å². The molecule has 2 bridgehead atoms. The Morgan fingerprint density at radius 3 is 2.69 bits per heavy atom. The monoisotopic (exact) mass is 439 g/mol. The third kappa shape index (κ3) is 4.36. The first-order valence-electron chi connectivity index (χ1n) is 11.5. The predicted octanol–water partition coefficient (Wildman–Crippen LogP) is 2.84. The van der Waals surface area contributed by atoms with Gasteiger partial charge in [0.25, 0.3) is 11.4 Å². The zero-order chi connectivity index (χ0) is 22.9. The number of fused-ring (bicyclic) bond motifs is 2. The number of rotatable bonds is 8. The minimum atomic E-state index is -0.330. The first-order chi connectivity index (χ1) is 15.3. The summed E-state index contributed by atoms with van der Waals surface area (Å²) in [5.74, 6) is 1.97. The zero-order valence-electron chi connectivity index (χ0n) is 19.3. The molecule has 0 aliphatic heterocycles. The number of anilines is 1. The number of hydrogen-bond acceptors (Lipinski definition) is 6. The number of hydrogen-bond donors (Lipinski definition) is 2. The van der Waals surface area contributed by atoms with Crippen LogP contribution < -0.4 is 20.9 Å². The van der Waals surface area contributed by atoms with Crippen LogP contribution in [0.5, 0.6) is 5.88 Å². The van der Waals surface area contributed by atoms with Gasteiger partial charge in [-0.1, -0.05) is 20.8 Å². The fourth-order valence-electron chi connectivity index (χ4n) is 5.37. The Labute approximate surface area is 188 Å². The summed E-state index contributed by atoms with van der Waals surface area (Å²) in [6.45, 7) is 9.53. The maximum absolute atomic E-state index is 12.7. The van der Waals surface area contributed by atoms with E-state index in [4.69, 9.17) is 4.74 Å². The molecule has 3 fully saturated rings. The van der Waals surface area contributed by atoms with E-state index in [1.807, 2.05) is 19.1 Å². The summed E-state index contributed by atoms with van der Waals surface area (Å²) in [6, 6.07) is 5.45. The minimum absolute atomic E-state index is 0.164. The Bertz CT molecular complexity index is 1020. The molecule has 3 aliphatic rings. The van der Waals surface area contributed by atoms with Gasteiger partial charge in [-0.2, -0.15) is 0 Å². The second kappa shape index (κ2) is 8.92. The van der Waals surface area contributed by atoms with Crippen LogP contribution in [0.25, 0.3) is 0 Å². The van der Waals surface area contributed by atoms with Crippen molar-refractivity contribution in [1.29, 1.82) is 0 Å². The molecule has 0 saturated heterocycles. The van der Waals surface area contributed by atoms with Gasteiger partial charge in [0.05, 0.1) is 6.61 Å². The Morgan fingerprint density at radius 2 is 2.03 bits per heavy atom. The van der Waals surface area contributed by atoms with E-state index in [1.165, 1.54) is 12.5 Å². The highest BCUT2D eigenvalue weighted by Crippen LogP contribution is 2.61. The van der Waals surface area contributed by atoms with Gasteiger partial charge in [-0.15, -0.1) is 5.10 Å². The summed E-state index contributed by atoms with van der Waals surface area (Å²) in [5.41, 5.74) is 1.61. The average Bonchev–Trinajstić information content (AvgIpc) is 2.77. The SMILES string of the molecule is CCOc1nn(CC(=O)NCc2ccncc2)c(=O)cc1N[C@@H]1C[C@H]2C[C@H]([C@@H]1C)C2(C)C. The molecular formula is C24H33N5O3. The molecule has 2 aromatic heterocycles. The minimum Gasteiger partial charge on any atom is -0.475 e. The van der Waals surface area contributed by atoms with Crippen LogP contribution in [0.15, 0.2) is 35.4 Å². The molecule has 32 heavy (non-hydrogen) atoms. The molecule has 8 nitrogen and oxygen atoms in total. The molecule has 5 rings (SSSR count). The van der Waals surface area contributed by atoms with E-state index in [0.29, 0.717) is 47.9 Å². The highest BCUT2D eigenvalue weighted by Gasteiger charge is 2.56. The molecule has 8 heteroatoms. The van der Waals surface area contributed by atoms with Crippen LogP contribution in [-0.2, 0) is 17.9 Å². The largest absolute Gasteiger partial charge is 0.475 e. The quantitative estimate of drug-likeness (QED) is 0.656. The van der Waals surface area contributed by atoms with Crippen molar-refractivity contribution in [2.24, 2.45) is 23.2 Å². The summed E-state index contributed by atoms with van der Waals surface area (Å²) < 4.78 is 6.88. The summed E-state index contributed by atoms with van der Waals surface area (Å²) in [5, 5.41) is 10.7. The number of carbonyl (C=O) groups is 1. The van der Waals surface area contributed by atoms with Crippen LogP contribution in [-0.4, -0.2) is 33.3 Å². The van der Waals surface area contributed by atoms with Gasteiger partial charge in [0, 0.05) is 31.0 Å². The van der Waals surface area contributed by atoms with E-state index in [2.05, 4.69) is 41.5 Å². The second-order valence-electron chi connectivity index (χ2n) is 9.63. The van der Waals surface area contributed by atoms with E-state index in [-0.39, 0.29) is 24.1 Å². The lowest BCUT2D eigenvalue weighted by Gasteiger charge is -2.62. The number of pyridine rings is 1. The standard InChI is InChI=1S/C24H33N5O3/c1-5-32-23-20(27-19-11-17-10-18(15(19)2)24(17,3)4)12-22(31)29(28-23)14-21(30)26-13-16-6-8-25-9-7-16/h6-9,12,15,17-19,27H,5,10-11,13-14H2,1-4H3,(H,26,30)/t15-,17+,18+,19+/m0/s1. The van der Waals surface area contributed by atoms with Gasteiger partial charge < -0.3 is 15.4 Å². The fraction of sp³-hybridized carbons (Fsp3) is 0.583. The smallest absolute Gasteiger partial charge is 0.269 e. The number of ether oxygens (including phenoxy) is 1. The summed E-state index contributed by atoms with van der Waals surface area (Å²) >= 11 is 0. The van der Waals surface area contributed by atoms with Gasteiger partial charge in [0.1, 0.15) is 12.2 Å². The molecule has 0 aromatic carbocycles. The maximum Gasteiger partial charge on any atom is 0.269 e. The van der Waals surface area contributed by atoms with E-state index >= 15 is 0 Å². The zero-order valence-corrected chi connectivity index (χ0v) is 19.3. The molecule has 2 N–H and O–H groups in total. The average molecular weight is 440 g/mol. The van der Waals surface area contributed by atoms with Crippen LogP contribution in [0.2, 0.25) is 0 Å². The summed E-state index contributed by atoms with van der Waals surface area (Å²) in [7, 11) is 0. The third-order valence-electron chi connectivity index (χ3n) is 7.47. The first kappa shape index (κ1) is 22.3. The first-order valence-corrected chi connectivity index (χ1v) is 11.5. The lowest BCUT2D eigenvalue weighted by atomic mass is 9.45. The van der Waals surface area contributed by atoms with Crippen molar-refractivity contribution in [3.05, 3.63) is 46.5 Å². The molecule has 0 spiro atoms. The maximum atomic E-state index is 12.7. The van der Waals surface area contributed by atoms with Gasteiger partial charge in [-0.25, -0.2) is 4.68 Å². The van der Waals surface area contributed by atoms with Crippen molar-refractivity contribution in [3.63, 3.8) is 0 Å². The van der Waals surface area contributed by atoms with Gasteiger partial charge in [-0.05, 0) is 60.6 Å². The molecule has 2 aromatic rings. The molecule has 0 radical (unpaired) electrons. The van der Waals surface area contributed by atoms with Crippen molar-refractivity contribution in [3.8, 4) is 5.88 Å². The van der Waals surface area contributed by atoms with Crippen LogP contribution >= 0.6 is 0 Å². The molecule has 1 amide bonds. The number of nitrogens with zero attached hydrogens (tertiary/aromatic N) is 3. The van der Waals surface area contributed by atoms with E-state index in [1.54, 1.807) is 12.4 Å². The number of nitrogens with one attached hydrogen (secondary N) is 2. The summed E-state index contributed by atoms with van der Waals surface area (Å²) in [4.78, 5) is 29.1. The number of aromatic nitrogens is 3. The third-order valence-corrected chi connectivity index (χ3v) is 7.47. The van der Waals surface area contributed by atoms with E-state index in [0.717, 1.165) is 16.7 Å². The molecule has 4 atom stereocenters. The van der Waals surface area contributed by atoms with Crippen LogP contribution in [0, 0.1) is 23.2 Å². The lowest BCUT2D eigenvalue weighted by molar-refractivity contribution is -0.122. The molecule has 172 valence electrons. The van der Waals surface area contributed by atoms with Crippen molar-refractivity contribution < 1.29 is 9.53 Å². The highest BCUT2D eigenvalue weighted by molar-refractivity contribution is 5.75. The van der Waals surface area contributed by atoms with Crippen molar-refractivity contribution in [2.45, 2.75) is 59.7 Å². The molecule has 3 saturated carbocycles. The Balaban J connectivity index is 1.45. The number of carbonyl (C=O) groups excluding carboxylic acids is 1. The van der Waals surface area contributed by atoms with Crippen LogP contribution in [0.4, 0.5) is 5.69 Å². The molecule has 2 heterocycles. The fourth-order valence-corrected chi connectivity index (χ4v) is 5.37. The predicted molar refractivity (Wildman–Crippen MR) is 122 cm³/mol. The van der Waals surface area contributed by atoms with Crippen molar-refractivity contribution in [1.82, 2.24) is 20.1 Å². The van der Waals surface area contributed by atoms with Crippen LogP contribution in [0.1, 0.15) is 46.1 Å². The molecule has 0 unspecified atom stereocenters. The van der Waals surface area contributed by atoms with Gasteiger partial charge in [-0.3, -0.25) is 14.6 Å². The van der Waals surface area contributed by atoms with Gasteiger partial charge in [0.2, 0.25) is 5.91 Å². The lowest BCUT2D eigenvalue weighted by Crippen LogP contribution is -2.58. The van der Waals surface area contributed by atoms with Crippen LogP contribution in [0.3, 0.4) is 0 Å². The van der Waals surface area contributed by atoms with E-state index in [9.17, 15) is 9.59 Å². The van der Waals surface area contributed by atoms with Crippen molar-refractivity contribution in [2.75, 3.05) is 11.9 Å². The normalized spacial score (nSPS) is 25.5. The number of amides is 1. The van der Waals surface area contributed by atoms with E-state index < -0.39 is 0 Å². The second-order valence-corrected chi connectivity index (χ2v) is 9.63. The molecular weight excluding hydrogens is 406 g/mol. The Morgan fingerprint density at radius 1 is 1.28 bits per heavy atom. The highest BCUT2D eigenvalue weighted by atomic mass is 16.5. The van der Waals surface area contributed by atoms with Crippen molar-refractivity contribution >= 4 is 11.6 Å². The van der Waals surface area contributed by atoms with Gasteiger partial charge in [0.15, 0.2) is 0 Å². The summed E-state index contributed by atoms with van der Waals surface area (Å²) in [6.07, 6.45) is 5.71. The van der Waals surface area contributed by atoms with Gasteiger partial charge >= 0.3 is 0 Å². The Hall–Kier alpha value is -2.90. The Kier molecular flexibility index (Phi) is 6.22. The molecule has 3 aliphatic carbocycles.